The van der Waals surface area contributed by atoms with Crippen LogP contribution in [0.5, 0.6) is 5.75 Å². The number of methoxy groups -OCH3 is 1. The number of carbonyl (C=O) groups excluding carboxylic acids is 1. The molecule has 0 bridgehead atoms. The minimum Gasteiger partial charge on any atom is -0.497 e. The molecule has 1 aromatic carbocycles. The van der Waals surface area contributed by atoms with E-state index in [-0.39, 0.29) is 35.9 Å². The lowest BCUT2D eigenvalue weighted by atomic mass is 10.1. The number of benzene rings is 1. The lowest BCUT2D eigenvalue weighted by molar-refractivity contribution is -0.120. The maximum absolute atomic E-state index is 11.7. The van der Waals surface area contributed by atoms with E-state index < -0.39 is 0 Å². The first-order valence-corrected chi connectivity index (χ1v) is 10.3. The molecule has 1 amide bonds. The molecule has 1 unspecified atom stereocenters. The van der Waals surface area contributed by atoms with Gasteiger partial charge in [-0.2, -0.15) is 0 Å². The summed E-state index contributed by atoms with van der Waals surface area (Å²) in [6.45, 7) is 6.28. The normalized spacial score (nSPS) is 15.3. The van der Waals surface area contributed by atoms with Gasteiger partial charge in [-0.1, -0.05) is 19.1 Å². The van der Waals surface area contributed by atoms with Gasteiger partial charge in [0.25, 0.3) is 0 Å². The predicted octanol–water partition coefficient (Wildman–Crippen LogP) is 2.53. The monoisotopic (exact) mass is 517 g/mol. The van der Waals surface area contributed by atoms with Crippen LogP contribution in [0.3, 0.4) is 0 Å². The van der Waals surface area contributed by atoms with Crippen molar-refractivity contribution in [3.05, 3.63) is 29.8 Å². The first-order chi connectivity index (χ1) is 13.7. The van der Waals surface area contributed by atoms with E-state index >= 15 is 0 Å². The van der Waals surface area contributed by atoms with Gasteiger partial charge in [0, 0.05) is 33.1 Å². The van der Waals surface area contributed by atoms with Crippen LogP contribution < -0.4 is 20.7 Å². The molecular formula is C21H36IN5O2. The molecule has 1 aromatic rings. The minimum absolute atomic E-state index is 0. The number of halogens is 1. The molecule has 1 saturated heterocycles. The molecule has 0 spiro atoms. The Morgan fingerprint density at radius 3 is 2.62 bits per heavy atom. The van der Waals surface area contributed by atoms with Crippen LogP contribution in [0, 0.1) is 0 Å². The van der Waals surface area contributed by atoms with Crippen LogP contribution in [0.25, 0.3) is 0 Å². The van der Waals surface area contributed by atoms with Gasteiger partial charge in [-0.05, 0) is 50.0 Å². The second kappa shape index (κ2) is 14.4. The number of aliphatic imine (C=N–C) groups is 1. The average Bonchev–Trinajstić information content (AvgIpc) is 3.25. The van der Waals surface area contributed by atoms with Crippen LogP contribution in [-0.4, -0.2) is 63.6 Å². The van der Waals surface area contributed by atoms with Crippen molar-refractivity contribution in [2.45, 2.75) is 38.6 Å². The highest BCUT2D eigenvalue weighted by molar-refractivity contribution is 14.0. The van der Waals surface area contributed by atoms with E-state index in [1.54, 1.807) is 14.2 Å². The van der Waals surface area contributed by atoms with Crippen molar-refractivity contribution in [3.63, 3.8) is 0 Å². The van der Waals surface area contributed by atoms with Gasteiger partial charge in [-0.3, -0.25) is 14.7 Å². The SMILES string of the molecule is CCCNC(=O)CCNC(=NC)NCC(c1cccc(OC)c1)N1CCCC1.I. The van der Waals surface area contributed by atoms with Gasteiger partial charge in [0.05, 0.1) is 13.2 Å². The Balaban J connectivity index is 0.00000420. The second-order valence-electron chi connectivity index (χ2n) is 7.02. The number of amides is 1. The largest absolute Gasteiger partial charge is 0.497 e. The summed E-state index contributed by atoms with van der Waals surface area (Å²) in [6.07, 6.45) is 3.86. The summed E-state index contributed by atoms with van der Waals surface area (Å²) in [5, 5.41) is 9.54. The second-order valence-corrected chi connectivity index (χ2v) is 7.02. The van der Waals surface area contributed by atoms with Crippen molar-refractivity contribution in [3.8, 4) is 5.75 Å². The van der Waals surface area contributed by atoms with Crippen LogP contribution in [0.15, 0.2) is 29.3 Å². The number of ether oxygens (including phenoxy) is 1. The molecule has 3 N–H and O–H groups in total. The number of likely N-dealkylation sites (tertiary alicyclic amines) is 1. The molecule has 0 radical (unpaired) electrons. The molecule has 0 aromatic heterocycles. The zero-order valence-electron chi connectivity index (χ0n) is 17.9. The Hall–Kier alpha value is -1.55. The Morgan fingerprint density at radius 1 is 1.21 bits per heavy atom. The molecule has 164 valence electrons. The van der Waals surface area contributed by atoms with E-state index in [1.165, 1.54) is 18.4 Å². The Labute approximate surface area is 192 Å². The third-order valence-electron chi connectivity index (χ3n) is 4.96. The van der Waals surface area contributed by atoms with Crippen molar-refractivity contribution in [1.29, 1.82) is 0 Å². The molecule has 1 aliphatic heterocycles. The average molecular weight is 517 g/mol. The summed E-state index contributed by atoms with van der Waals surface area (Å²) in [6, 6.07) is 8.53. The zero-order valence-corrected chi connectivity index (χ0v) is 20.2. The molecule has 7 nitrogen and oxygen atoms in total. The fourth-order valence-electron chi connectivity index (χ4n) is 3.42. The van der Waals surface area contributed by atoms with Gasteiger partial charge in [-0.25, -0.2) is 0 Å². The lowest BCUT2D eigenvalue weighted by Crippen LogP contribution is -2.43. The number of hydrogen-bond acceptors (Lipinski definition) is 4. The van der Waals surface area contributed by atoms with Crippen LogP contribution in [-0.2, 0) is 4.79 Å². The fourth-order valence-corrected chi connectivity index (χ4v) is 3.42. The zero-order chi connectivity index (χ0) is 20.2. The number of rotatable bonds is 10. The smallest absolute Gasteiger partial charge is 0.221 e. The van der Waals surface area contributed by atoms with E-state index in [4.69, 9.17) is 4.74 Å². The number of carbonyl (C=O) groups is 1. The van der Waals surface area contributed by atoms with Crippen molar-refractivity contribution < 1.29 is 9.53 Å². The van der Waals surface area contributed by atoms with Crippen molar-refractivity contribution in [2.24, 2.45) is 4.99 Å². The quantitative estimate of drug-likeness (QED) is 0.253. The molecule has 1 aliphatic rings. The Morgan fingerprint density at radius 2 is 1.97 bits per heavy atom. The summed E-state index contributed by atoms with van der Waals surface area (Å²) in [5.74, 6) is 1.66. The Bertz CT molecular complexity index is 635. The highest BCUT2D eigenvalue weighted by Crippen LogP contribution is 2.27. The van der Waals surface area contributed by atoms with Crippen molar-refractivity contribution in [1.82, 2.24) is 20.9 Å². The summed E-state index contributed by atoms with van der Waals surface area (Å²) < 4.78 is 5.41. The molecule has 0 saturated carbocycles. The molecule has 0 aliphatic carbocycles. The van der Waals surface area contributed by atoms with Crippen LogP contribution in [0.1, 0.15) is 44.2 Å². The fraction of sp³-hybridized carbons (Fsp3) is 0.619. The van der Waals surface area contributed by atoms with E-state index in [9.17, 15) is 4.79 Å². The third kappa shape index (κ3) is 8.77. The van der Waals surface area contributed by atoms with Crippen molar-refractivity contribution in [2.75, 3.05) is 46.9 Å². The molecule has 1 atom stereocenters. The minimum atomic E-state index is 0. The Kier molecular flexibility index (Phi) is 12.7. The topological polar surface area (TPSA) is 78.0 Å². The first kappa shape index (κ1) is 25.5. The molecule has 1 fully saturated rings. The highest BCUT2D eigenvalue weighted by atomic mass is 127. The lowest BCUT2D eigenvalue weighted by Gasteiger charge is -2.29. The maximum Gasteiger partial charge on any atom is 0.221 e. The summed E-state index contributed by atoms with van der Waals surface area (Å²) >= 11 is 0. The van der Waals surface area contributed by atoms with E-state index in [1.807, 2.05) is 19.1 Å². The van der Waals surface area contributed by atoms with Crippen LogP contribution in [0.4, 0.5) is 0 Å². The van der Waals surface area contributed by atoms with E-state index in [2.05, 4.69) is 38.0 Å². The van der Waals surface area contributed by atoms with E-state index in [0.717, 1.165) is 44.3 Å². The van der Waals surface area contributed by atoms with Gasteiger partial charge in [-0.15, -0.1) is 24.0 Å². The number of guanidine groups is 1. The highest BCUT2D eigenvalue weighted by Gasteiger charge is 2.24. The summed E-state index contributed by atoms with van der Waals surface area (Å²) in [5.41, 5.74) is 1.24. The summed E-state index contributed by atoms with van der Waals surface area (Å²) in [7, 11) is 3.45. The number of nitrogens with one attached hydrogen (secondary N) is 3. The van der Waals surface area contributed by atoms with E-state index in [0.29, 0.717) is 13.0 Å². The predicted molar refractivity (Wildman–Crippen MR) is 129 cm³/mol. The molecule has 29 heavy (non-hydrogen) atoms. The number of nitrogens with zero attached hydrogens (tertiary/aromatic N) is 2. The summed E-state index contributed by atoms with van der Waals surface area (Å²) in [4.78, 5) is 18.5. The van der Waals surface area contributed by atoms with Crippen molar-refractivity contribution >= 4 is 35.8 Å². The van der Waals surface area contributed by atoms with Gasteiger partial charge in [0.2, 0.25) is 5.91 Å². The number of hydrogen-bond donors (Lipinski definition) is 3. The molecule has 2 rings (SSSR count). The van der Waals surface area contributed by atoms with Crippen LogP contribution >= 0.6 is 24.0 Å². The molecule has 1 heterocycles. The van der Waals surface area contributed by atoms with Gasteiger partial charge in [0.1, 0.15) is 5.75 Å². The molecular weight excluding hydrogens is 481 g/mol. The first-order valence-electron chi connectivity index (χ1n) is 10.3. The standard InChI is InChI=1S/C21H35N5O2.HI/c1-4-11-23-20(27)10-12-24-21(22-2)25-16-19(26-13-5-6-14-26)17-8-7-9-18(15-17)28-3;/h7-9,15,19H,4-6,10-14,16H2,1-3H3,(H,23,27)(H2,22,24,25);1H. The van der Waals surface area contributed by atoms with Gasteiger partial charge < -0.3 is 20.7 Å². The van der Waals surface area contributed by atoms with Crippen LogP contribution in [0.2, 0.25) is 0 Å². The van der Waals surface area contributed by atoms with Gasteiger partial charge in [0.15, 0.2) is 5.96 Å². The van der Waals surface area contributed by atoms with Gasteiger partial charge >= 0.3 is 0 Å². The molecule has 8 heteroatoms. The third-order valence-corrected chi connectivity index (χ3v) is 4.96. The maximum atomic E-state index is 11.7.